The van der Waals surface area contributed by atoms with Crippen LogP contribution in [0.25, 0.3) is 0 Å². The lowest BCUT2D eigenvalue weighted by Crippen LogP contribution is -2.31. The first-order valence-electron chi connectivity index (χ1n) is 7.20. The molecule has 22 heavy (non-hydrogen) atoms. The van der Waals surface area contributed by atoms with Gasteiger partial charge in [-0.05, 0) is 61.7 Å². The molecule has 3 nitrogen and oxygen atoms in total. The Balaban J connectivity index is 1.88. The van der Waals surface area contributed by atoms with Gasteiger partial charge in [0, 0.05) is 4.47 Å². The number of benzene rings is 2. The topological polar surface area (TPSA) is 38.3 Å². The van der Waals surface area contributed by atoms with Crippen LogP contribution < -0.4 is 10.1 Å². The number of hydrogen-bond donors (Lipinski definition) is 1. The van der Waals surface area contributed by atoms with E-state index in [1.807, 2.05) is 37.3 Å². The van der Waals surface area contributed by atoms with Gasteiger partial charge in [-0.25, -0.2) is 0 Å². The minimum Gasteiger partial charge on any atom is -0.484 e. The van der Waals surface area contributed by atoms with E-state index in [9.17, 15) is 4.79 Å². The van der Waals surface area contributed by atoms with E-state index in [1.165, 1.54) is 11.1 Å². The largest absolute Gasteiger partial charge is 0.484 e. The van der Waals surface area contributed by atoms with Gasteiger partial charge in [-0.1, -0.05) is 34.1 Å². The van der Waals surface area contributed by atoms with E-state index in [1.54, 1.807) is 0 Å². The van der Waals surface area contributed by atoms with Crippen molar-refractivity contribution in [2.75, 3.05) is 6.61 Å². The van der Waals surface area contributed by atoms with Gasteiger partial charge in [0.2, 0.25) is 0 Å². The minimum absolute atomic E-state index is 0.0107. The predicted octanol–water partition coefficient (Wildman–Crippen LogP) is 4.32. The molecular weight excluding hydrogens is 342 g/mol. The first kappa shape index (κ1) is 16.6. The molecule has 0 radical (unpaired) electrons. The lowest BCUT2D eigenvalue weighted by molar-refractivity contribution is -0.123. The Hall–Kier alpha value is -1.81. The average molecular weight is 362 g/mol. The van der Waals surface area contributed by atoms with Gasteiger partial charge in [-0.3, -0.25) is 4.79 Å². The number of rotatable bonds is 5. The average Bonchev–Trinajstić information content (AvgIpc) is 2.49. The highest BCUT2D eigenvalue weighted by atomic mass is 79.9. The van der Waals surface area contributed by atoms with E-state index >= 15 is 0 Å². The van der Waals surface area contributed by atoms with Crippen molar-refractivity contribution in [3.8, 4) is 5.75 Å². The Labute approximate surface area is 139 Å². The van der Waals surface area contributed by atoms with Crippen LogP contribution in [0.15, 0.2) is 46.9 Å². The van der Waals surface area contributed by atoms with Gasteiger partial charge >= 0.3 is 0 Å². The minimum atomic E-state index is -0.131. The van der Waals surface area contributed by atoms with E-state index in [-0.39, 0.29) is 18.6 Å². The SMILES string of the molecule is Cc1ccc(C(C)NC(=O)COc2ccc(Br)cc2)cc1C. The summed E-state index contributed by atoms with van der Waals surface area (Å²) in [7, 11) is 0. The van der Waals surface area contributed by atoms with Crippen LogP contribution in [-0.2, 0) is 4.79 Å². The predicted molar refractivity (Wildman–Crippen MR) is 92.1 cm³/mol. The van der Waals surface area contributed by atoms with E-state index < -0.39 is 0 Å². The number of carbonyl (C=O) groups excluding carboxylic acids is 1. The van der Waals surface area contributed by atoms with Crippen LogP contribution in [0.4, 0.5) is 0 Å². The van der Waals surface area contributed by atoms with Crippen molar-refractivity contribution < 1.29 is 9.53 Å². The Morgan fingerprint density at radius 1 is 1.14 bits per heavy atom. The molecule has 1 N–H and O–H groups in total. The molecule has 4 heteroatoms. The van der Waals surface area contributed by atoms with Crippen molar-refractivity contribution in [1.82, 2.24) is 5.32 Å². The summed E-state index contributed by atoms with van der Waals surface area (Å²) in [5, 5.41) is 2.95. The molecule has 0 aliphatic rings. The van der Waals surface area contributed by atoms with Gasteiger partial charge in [0.15, 0.2) is 6.61 Å². The summed E-state index contributed by atoms with van der Waals surface area (Å²) in [6, 6.07) is 13.6. The highest BCUT2D eigenvalue weighted by Crippen LogP contribution is 2.18. The molecule has 0 bridgehead atoms. The lowest BCUT2D eigenvalue weighted by Gasteiger charge is -2.16. The smallest absolute Gasteiger partial charge is 0.258 e. The first-order valence-corrected chi connectivity index (χ1v) is 8.00. The zero-order valence-corrected chi connectivity index (χ0v) is 14.6. The van der Waals surface area contributed by atoms with Crippen LogP contribution in [0.3, 0.4) is 0 Å². The zero-order chi connectivity index (χ0) is 16.1. The third-order valence-corrected chi connectivity index (χ3v) is 4.12. The van der Waals surface area contributed by atoms with Crippen LogP contribution in [0.2, 0.25) is 0 Å². The quantitative estimate of drug-likeness (QED) is 0.860. The van der Waals surface area contributed by atoms with E-state index in [4.69, 9.17) is 4.74 Å². The van der Waals surface area contributed by atoms with Crippen LogP contribution in [0, 0.1) is 13.8 Å². The fourth-order valence-corrected chi connectivity index (χ4v) is 2.34. The molecule has 1 unspecified atom stereocenters. The molecule has 0 saturated carbocycles. The highest BCUT2D eigenvalue weighted by Gasteiger charge is 2.10. The third kappa shape index (κ3) is 4.60. The molecule has 1 amide bonds. The molecule has 2 rings (SSSR count). The van der Waals surface area contributed by atoms with Crippen LogP contribution in [-0.4, -0.2) is 12.5 Å². The maximum absolute atomic E-state index is 12.0. The van der Waals surface area contributed by atoms with E-state index in [0.29, 0.717) is 5.75 Å². The Morgan fingerprint density at radius 2 is 1.82 bits per heavy atom. The second kappa shape index (κ2) is 7.45. The van der Waals surface area contributed by atoms with Gasteiger partial charge in [-0.15, -0.1) is 0 Å². The number of halogens is 1. The Bertz CT molecular complexity index is 653. The molecule has 0 fully saturated rings. The molecule has 116 valence electrons. The molecule has 2 aromatic rings. The number of amides is 1. The van der Waals surface area contributed by atoms with Crippen LogP contribution in [0.1, 0.15) is 29.7 Å². The zero-order valence-electron chi connectivity index (χ0n) is 13.0. The molecule has 0 aliphatic carbocycles. The summed E-state index contributed by atoms with van der Waals surface area (Å²) in [6.07, 6.45) is 0. The van der Waals surface area contributed by atoms with Gasteiger partial charge in [0.25, 0.3) is 5.91 Å². The molecule has 0 heterocycles. The number of aryl methyl sites for hydroxylation is 2. The van der Waals surface area contributed by atoms with Crippen molar-refractivity contribution in [2.24, 2.45) is 0 Å². The summed E-state index contributed by atoms with van der Waals surface area (Å²) in [5.74, 6) is 0.547. The molecule has 0 aromatic heterocycles. The summed E-state index contributed by atoms with van der Waals surface area (Å²) >= 11 is 3.36. The maximum atomic E-state index is 12.0. The molecule has 2 aromatic carbocycles. The maximum Gasteiger partial charge on any atom is 0.258 e. The third-order valence-electron chi connectivity index (χ3n) is 3.59. The number of nitrogens with one attached hydrogen (secondary N) is 1. The fourth-order valence-electron chi connectivity index (χ4n) is 2.08. The van der Waals surface area contributed by atoms with Crippen molar-refractivity contribution in [3.63, 3.8) is 0 Å². The second-order valence-electron chi connectivity index (χ2n) is 5.38. The van der Waals surface area contributed by atoms with Crippen molar-refractivity contribution >= 4 is 21.8 Å². The highest BCUT2D eigenvalue weighted by molar-refractivity contribution is 9.10. The number of hydrogen-bond acceptors (Lipinski definition) is 2. The molecule has 1 atom stereocenters. The van der Waals surface area contributed by atoms with Crippen molar-refractivity contribution in [3.05, 3.63) is 63.6 Å². The summed E-state index contributed by atoms with van der Waals surface area (Å²) in [6.45, 7) is 6.14. The fraction of sp³-hybridized carbons (Fsp3) is 0.278. The monoisotopic (exact) mass is 361 g/mol. The number of carbonyl (C=O) groups is 1. The number of ether oxygens (including phenoxy) is 1. The summed E-state index contributed by atoms with van der Waals surface area (Å²) in [4.78, 5) is 12.0. The summed E-state index contributed by atoms with van der Waals surface area (Å²) < 4.78 is 6.45. The van der Waals surface area contributed by atoms with Gasteiger partial charge in [0.05, 0.1) is 6.04 Å². The van der Waals surface area contributed by atoms with Crippen molar-refractivity contribution in [1.29, 1.82) is 0 Å². The molecule has 0 spiro atoms. The molecular formula is C18H20BrNO2. The second-order valence-corrected chi connectivity index (χ2v) is 6.29. The van der Waals surface area contributed by atoms with E-state index in [2.05, 4.69) is 47.2 Å². The van der Waals surface area contributed by atoms with Gasteiger partial charge < -0.3 is 10.1 Å². The Morgan fingerprint density at radius 3 is 2.45 bits per heavy atom. The molecule has 0 saturated heterocycles. The molecule has 0 aliphatic heterocycles. The van der Waals surface area contributed by atoms with Crippen LogP contribution >= 0.6 is 15.9 Å². The standard InChI is InChI=1S/C18H20BrNO2/c1-12-4-5-15(10-13(12)2)14(3)20-18(21)11-22-17-8-6-16(19)7-9-17/h4-10,14H,11H2,1-3H3,(H,20,21). The van der Waals surface area contributed by atoms with Crippen molar-refractivity contribution in [2.45, 2.75) is 26.8 Å². The lowest BCUT2D eigenvalue weighted by atomic mass is 10.0. The first-order chi connectivity index (χ1) is 10.5. The van der Waals surface area contributed by atoms with Gasteiger partial charge in [-0.2, -0.15) is 0 Å². The van der Waals surface area contributed by atoms with Gasteiger partial charge in [0.1, 0.15) is 5.75 Å². The summed E-state index contributed by atoms with van der Waals surface area (Å²) in [5.41, 5.74) is 3.57. The van der Waals surface area contributed by atoms with Crippen LogP contribution in [0.5, 0.6) is 5.75 Å². The van der Waals surface area contributed by atoms with E-state index in [0.717, 1.165) is 10.0 Å². The normalized spacial score (nSPS) is 11.8. The Kier molecular flexibility index (Phi) is 5.61.